The van der Waals surface area contributed by atoms with Crippen molar-refractivity contribution in [1.82, 2.24) is 14.7 Å². The van der Waals surface area contributed by atoms with Crippen LogP contribution in [0.2, 0.25) is 10.0 Å². The molecule has 0 bridgehead atoms. The van der Waals surface area contributed by atoms with Gasteiger partial charge in [-0.3, -0.25) is 4.79 Å². The van der Waals surface area contributed by atoms with Gasteiger partial charge in [0.1, 0.15) is 5.82 Å². The summed E-state index contributed by atoms with van der Waals surface area (Å²) in [4.78, 5) is 19.1. The number of hydrogen-bond donors (Lipinski definition) is 1. The third-order valence-corrected chi connectivity index (χ3v) is 6.24. The highest BCUT2D eigenvalue weighted by molar-refractivity contribution is 7.09. The molecule has 1 amide bonds. The molecule has 1 N–H and O–H groups in total. The third kappa shape index (κ3) is 7.74. The van der Waals surface area contributed by atoms with Gasteiger partial charge in [0.15, 0.2) is 0 Å². The summed E-state index contributed by atoms with van der Waals surface area (Å²) in [7, 11) is 1.66. The summed E-state index contributed by atoms with van der Waals surface area (Å²) in [5, 5.41) is 4.96. The molecule has 1 aromatic heterocycles. The Kier molecular flexibility index (Phi) is 9.74. The quantitative estimate of drug-likeness (QED) is 0.398. The highest BCUT2D eigenvalue weighted by Crippen LogP contribution is 2.21. The molecule has 3 rings (SSSR count). The maximum atomic E-state index is 12.4. The van der Waals surface area contributed by atoms with Crippen molar-refractivity contribution in [3.8, 4) is 0 Å². The first-order valence-corrected chi connectivity index (χ1v) is 11.9. The van der Waals surface area contributed by atoms with E-state index < -0.39 is 0 Å². The first-order chi connectivity index (χ1) is 15.5. The van der Waals surface area contributed by atoms with Crippen LogP contribution in [0.1, 0.15) is 23.4 Å². The minimum absolute atomic E-state index is 0.0217. The minimum atomic E-state index is -0.0217. The summed E-state index contributed by atoms with van der Waals surface area (Å²) in [6.45, 7) is 2.24. The zero-order chi connectivity index (χ0) is 22.8. The van der Waals surface area contributed by atoms with Crippen LogP contribution in [0.15, 0.2) is 48.5 Å². The Morgan fingerprint density at radius 2 is 1.97 bits per heavy atom. The topological polar surface area (TPSA) is 67.3 Å². The number of benzene rings is 2. The van der Waals surface area contributed by atoms with Crippen molar-refractivity contribution < 1.29 is 9.53 Å². The van der Waals surface area contributed by atoms with Crippen molar-refractivity contribution in [3.05, 3.63) is 75.5 Å². The number of aromatic nitrogens is 2. The van der Waals surface area contributed by atoms with Crippen LogP contribution in [0.3, 0.4) is 0 Å². The molecular formula is C23H26Cl2N4O2S. The molecule has 6 nitrogen and oxygen atoms in total. The molecular weight excluding hydrogens is 467 g/mol. The van der Waals surface area contributed by atoms with Crippen LogP contribution in [-0.4, -0.2) is 48.6 Å². The highest BCUT2D eigenvalue weighted by Gasteiger charge is 2.15. The molecule has 0 unspecified atom stereocenters. The lowest BCUT2D eigenvalue weighted by atomic mass is 10.1. The van der Waals surface area contributed by atoms with Gasteiger partial charge in [-0.15, -0.1) is 0 Å². The van der Waals surface area contributed by atoms with E-state index in [-0.39, 0.29) is 5.91 Å². The average molecular weight is 493 g/mol. The van der Waals surface area contributed by atoms with Crippen molar-refractivity contribution in [2.75, 3.05) is 38.3 Å². The Labute approximate surface area is 202 Å². The lowest BCUT2D eigenvalue weighted by Crippen LogP contribution is -2.33. The van der Waals surface area contributed by atoms with E-state index in [2.05, 4.69) is 26.8 Å². The third-order valence-electron chi connectivity index (χ3n) is 4.84. The Hall–Kier alpha value is -2.19. The molecule has 0 saturated carbocycles. The van der Waals surface area contributed by atoms with Crippen LogP contribution in [-0.2, 0) is 22.4 Å². The molecule has 0 spiro atoms. The molecule has 32 heavy (non-hydrogen) atoms. The van der Waals surface area contributed by atoms with Gasteiger partial charge in [-0.25, -0.2) is 4.98 Å². The van der Waals surface area contributed by atoms with E-state index in [1.165, 1.54) is 17.1 Å². The Morgan fingerprint density at radius 1 is 1.16 bits per heavy atom. The van der Waals surface area contributed by atoms with E-state index in [0.717, 1.165) is 16.5 Å². The standard InChI is InChI=1S/C23H26Cl2N4O2S/c1-31-14-13-29(23-27-21(28-32-23)15-17-5-3-2-4-6-17)12-10-22(30)26-11-9-18-7-8-19(24)16-20(18)25/h2-8,16H,9-15H2,1H3,(H,26,30). The number of halogens is 2. The summed E-state index contributed by atoms with van der Waals surface area (Å²) in [6, 6.07) is 15.5. The monoisotopic (exact) mass is 492 g/mol. The predicted octanol–water partition coefficient (Wildman–Crippen LogP) is 4.64. The number of carbonyl (C=O) groups excluding carboxylic acids is 1. The van der Waals surface area contributed by atoms with E-state index in [0.29, 0.717) is 55.5 Å². The van der Waals surface area contributed by atoms with Crippen LogP contribution < -0.4 is 10.2 Å². The van der Waals surface area contributed by atoms with Crippen molar-refractivity contribution in [3.63, 3.8) is 0 Å². The number of nitrogens with one attached hydrogen (secondary N) is 1. The average Bonchev–Trinajstić information content (AvgIpc) is 3.24. The molecule has 3 aromatic rings. The fraction of sp³-hybridized carbons (Fsp3) is 0.348. The minimum Gasteiger partial charge on any atom is -0.383 e. The smallest absolute Gasteiger partial charge is 0.221 e. The first kappa shape index (κ1) is 24.5. The van der Waals surface area contributed by atoms with Gasteiger partial charge in [0.05, 0.1) is 6.61 Å². The molecule has 0 radical (unpaired) electrons. The molecule has 0 saturated heterocycles. The normalized spacial score (nSPS) is 10.8. The van der Waals surface area contributed by atoms with Crippen LogP contribution >= 0.6 is 34.7 Å². The molecule has 0 aliphatic heterocycles. The molecule has 1 heterocycles. The van der Waals surface area contributed by atoms with Gasteiger partial charge in [0.25, 0.3) is 0 Å². The Balaban J connectivity index is 1.50. The van der Waals surface area contributed by atoms with Crippen molar-refractivity contribution >= 4 is 45.8 Å². The SMILES string of the molecule is COCCN(CCC(=O)NCCc1ccc(Cl)cc1Cl)c1nc(Cc2ccccc2)ns1. The number of nitrogens with zero attached hydrogens (tertiary/aromatic N) is 3. The predicted molar refractivity (Wildman–Crippen MR) is 131 cm³/mol. The molecule has 0 atom stereocenters. The van der Waals surface area contributed by atoms with Crippen LogP contribution in [0.25, 0.3) is 0 Å². The van der Waals surface area contributed by atoms with E-state index in [1.807, 2.05) is 29.2 Å². The van der Waals surface area contributed by atoms with E-state index in [4.69, 9.17) is 27.9 Å². The first-order valence-electron chi connectivity index (χ1n) is 10.4. The Bertz CT molecular complexity index is 1000. The van der Waals surface area contributed by atoms with Crippen LogP contribution in [0, 0.1) is 0 Å². The summed E-state index contributed by atoms with van der Waals surface area (Å²) in [5.41, 5.74) is 2.12. The molecule has 0 aliphatic rings. The molecule has 2 aromatic carbocycles. The van der Waals surface area contributed by atoms with E-state index in [1.54, 1.807) is 19.2 Å². The van der Waals surface area contributed by atoms with Gasteiger partial charge in [-0.2, -0.15) is 4.37 Å². The lowest BCUT2D eigenvalue weighted by Gasteiger charge is -2.20. The fourth-order valence-corrected chi connectivity index (χ4v) is 4.35. The maximum absolute atomic E-state index is 12.4. The molecule has 9 heteroatoms. The highest BCUT2D eigenvalue weighted by atomic mass is 35.5. The van der Waals surface area contributed by atoms with Gasteiger partial charge in [-0.05, 0) is 29.7 Å². The largest absolute Gasteiger partial charge is 0.383 e. The summed E-state index contributed by atoms with van der Waals surface area (Å²) < 4.78 is 9.72. The number of carbonyl (C=O) groups is 1. The maximum Gasteiger partial charge on any atom is 0.221 e. The van der Waals surface area contributed by atoms with Crippen molar-refractivity contribution in [1.29, 1.82) is 0 Å². The fourth-order valence-electron chi connectivity index (χ4n) is 3.11. The lowest BCUT2D eigenvalue weighted by molar-refractivity contribution is -0.120. The second kappa shape index (κ2) is 12.7. The van der Waals surface area contributed by atoms with E-state index >= 15 is 0 Å². The second-order valence-electron chi connectivity index (χ2n) is 7.22. The van der Waals surface area contributed by atoms with Crippen LogP contribution in [0.4, 0.5) is 5.13 Å². The van der Waals surface area contributed by atoms with E-state index in [9.17, 15) is 4.79 Å². The summed E-state index contributed by atoms with van der Waals surface area (Å²) >= 11 is 13.5. The van der Waals surface area contributed by atoms with Gasteiger partial charge in [0, 0.05) is 61.2 Å². The molecule has 0 fully saturated rings. The number of anilines is 1. The molecule has 0 aliphatic carbocycles. The van der Waals surface area contributed by atoms with Crippen molar-refractivity contribution in [2.24, 2.45) is 0 Å². The number of ether oxygens (including phenoxy) is 1. The summed E-state index contributed by atoms with van der Waals surface area (Å²) in [5.74, 6) is 0.759. The number of rotatable bonds is 12. The Morgan fingerprint density at radius 3 is 2.72 bits per heavy atom. The second-order valence-corrected chi connectivity index (χ2v) is 8.80. The number of hydrogen-bond acceptors (Lipinski definition) is 6. The molecule has 170 valence electrons. The number of amides is 1. The number of methoxy groups -OCH3 is 1. The van der Waals surface area contributed by atoms with Gasteiger partial charge in [-0.1, -0.05) is 59.6 Å². The van der Waals surface area contributed by atoms with Gasteiger partial charge >= 0.3 is 0 Å². The summed E-state index contributed by atoms with van der Waals surface area (Å²) in [6.07, 6.45) is 1.68. The van der Waals surface area contributed by atoms with Crippen molar-refractivity contribution in [2.45, 2.75) is 19.3 Å². The van der Waals surface area contributed by atoms with Crippen LogP contribution in [0.5, 0.6) is 0 Å². The van der Waals surface area contributed by atoms with Gasteiger partial charge < -0.3 is 15.0 Å². The zero-order valence-electron chi connectivity index (χ0n) is 17.9. The zero-order valence-corrected chi connectivity index (χ0v) is 20.2. The van der Waals surface area contributed by atoms with Gasteiger partial charge in [0.2, 0.25) is 11.0 Å².